The van der Waals surface area contributed by atoms with E-state index >= 15 is 0 Å². The van der Waals surface area contributed by atoms with Crippen molar-refractivity contribution in [3.05, 3.63) is 11.4 Å². The number of nitrogens with two attached hydrogens (primary N) is 1. The molecule has 0 spiro atoms. The Bertz CT molecular complexity index is 662. The van der Waals surface area contributed by atoms with E-state index in [2.05, 4.69) is 10.3 Å². The molecule has 1 aromatic heterocycles. The normalized spacial score (nSPS) is 15.0. The Balaban J connectivity index is 2.07. The van der Waals surface area contributed by atoms with Gasteiger partial charge in [-0.1, -0.05) is 5.21 Å². The minimum atomic E-state index is -3.44. The van der Waals surface area contributed by atoms with Gasteiger partial charge in [0, 0.05) is 12.3 Å². The number of amides is 1. The zero-order valence-electron chi connectivity index (χ0n) is 11.2. The number of nitrogens with zero attached hydrogens (tertiary/aromatic N) is 3. The van der Waals surface area contributed by atoms with Crippen LogP contribution >= 0.6 is 0 Å². The Morgan fingerprint density at radius 3 is 2.52 bits per heavy atom. The first-order valence-corrected chi connectivity index (χ1v) is 8.27. The Morgan fingerprint density at radius 1 is 1.33 bits per heavy atom. The molecule has 0 saturated heterocycles. The summed E-state index contributed by atoms with van der Waals surface area (Å²) in [5.41, 5.74) is 5.28. The minimum Gasteiger partial charge on any atom is -0.476 e. The monoisotopic (exact) mass is 316 g/mol. The van der Waals surface area contributed by atoms with Gasteiger partial charge in [0.1, 0.15) is 0 Å². The SMILES string of the molecule is NC(=O)CCS(=O)(=O)CCn1nnc(C(=O)O)c1C1CC1. The molecule has 0 atom stereocenters. The number of sulfone groups is 1. The smallest absolute Gasteiger partial charge is 0.358 e. The van der Waals surface area contributed by atoms with E-state index in [4.69, 9.17) is 10.8 Å². The summed E-state index contributed by atoms with van der Waals surface area (Å²) in [6.07, 6.45) is 1.47. The van der Waals surface area contributed by atoms with Gasteiger partial charge in [-0.15, -0.1) is 5.10 Å². The number of carbonyl (C=O) groups is 2. The summed E-state index contributed by atoms with van der Waals surface area (Å²) in [5, 5.41) is 16.4. The van der Waals surface area contributed by atoms with Crippen LogP contribution in [0, 0.1) is 0 Å². The first kappa shape index (κ1) is 15.4. The molecule has 116 valence electrons. The van der Waals surface area contributed by atoms with Crippen LogP contribution in [0.15, 0.2) is 0 Å². The lowest BCUT2D eigenvalue weighted by atomic mass is 10.2. The van der Waals surface area contributed by atoms with E-state index in [1.165, 1.54) is 4.68 Å². The lowest BCUT2D eigenvalue weighted by Gasteiger charge is -2.06. The third-order valence-electron chi connectivity index (χ3n) is 3.21. The molecule has 9 nitrogen and oxygen atoms in total. The van der Waals surface area contributed by atoms with Gasteiger partial charge in [0.05, 0.1) is 23.7 Å². The van der Waals surface area contributed by atoms with Crippen molar-refractivity contribution in [2.75, 3.05) is 11.5 Å². The Morgan fingerprint density at radius 2 is 2.00 bits per heavy atom. The zero-order valence-corrected chi connectivity index (χ0v) is 12.0. The minimum absolute atomic E-state index is 0.0210. The average molecular weight is 316 g/mol. The van der Waals surface area contributed by atoms with Crippen molar-refractivity contribution in [1.82, 2.24) is 15.0 Å². The number of aromatic carboxylic acids is 1. The van der Waals surface area contributed by atoms with Crippen LogP contribution in [0.2, 0.25) is 0 Å². The summed E-state index contributed by atoms with van der Waals surface area (Å²) >= 11 is 0. The van der Waals surface area contributed by atoms with E-state index in [0.29, 0.717) is 5.69 Å². The van der Waals surface area contributed by atoms with Crippen LogP contribution in [0.1, 0.15) is 41.4 Å². The molecule has 0 aliphatic heterocycles. The molecule has 0 bridgehead atoms. The number of rotatable bonds is 8. The molecule has 0 radical (unpaired) electrons. The molecule has 3 N–H and O–H groups in total. The largest absolute Gasteiger partial charge is 0.476 e. The van der Waals surface area contributed by atoms with Crippen LogP contribution in [-0.4, -0.2) is 51.9 Å². The van der Waals surface area contributed by atoms with E-state index in [9.17, 15) is 18.0 Å². The van der Waals surface area contributed by atoms with E-state index in [0.717, 1.165) is 12.8 Å². The van der Waals surface area contributed by atoms with Crippen LogP contribution in [0.3, 0.4) is 0 Å². The Labute approximate surface area is 121 Å². The second-order valence-corrected chi connectivity index (χ2v) is 7.30. The zero-order chi connectivity index (χ0) is 15.6. The number of carbonyl (C=O) groups excluding carboxylic acids is 1. The van der Waals surface area contributed by atoms with Gasteiger partial charge in [-0.3, -0.25) is 4.79 Å². The first-order valence-electron chi connectivity index (χ1n) is 6.45. The van der Waals surface area contributed by atoms with Gasteiger partial charge in [0.2, 0.25) is 5.91 Å². The van der Waals surface area contributed by atoms with Gasteiger partial charge in [-0.25, -0.2) is 17.9 Å². The van der Waals surface area contributed by atoms with E-state index < -0.39 is 21.7 Å². The molecule has 0 unspecified atom stereocenters. The second-order valence-electron chi connectivity index (χ2n) is 4.99. The molecule has 21 heavy (non-hydrogen) atoms. The third kappa shape index (κ3) is 4.00. The molecular formula is C11H16N4O5S. The molecule has 2 rings (SSSR count). The lowest BCUT2D eigenvalue weighted by molar-refractivity contribution is -0.117. The van der Waals surface area contributed by atoms with E-state index in [1.807, 2.05) is 0 Å². The Kier molecular flexibility index (Phi) is 4.26. The van der Waals surface area contributed by atoms with Crippen molar-refractivity contribution < 1.29 is 23.1 Å². The maximum absolute atomic E-state index is 11.8. The molecule has 1 aliphatic carbocycles. The average Bonchev–Trinajstić information content (AvgIpc) is 3.13. The molecule has 1 aliphatic rings. The van der Waals surface area contributed by atoms with E-state index in [1.54, 1.807) is 0 Å². The second kappa shape index (κ2) is 5.80. The summed E-state index contributed by atoms with van der Waals surface area (Å²) in [4.78, 5) is 21.7. The maximum atomic E-state index is 11.8. The van der Waals surface area contributed by atoms with Crippen LogP contribution in [0.25, 0.3) is 0 Å². The number of carboxylic acids is 1. The van der Waals surface area contributed by atoms with Gasteiger partial charge in [0.25, 0.3) is 0 Å². The van der Waals surface area contributed by atoms with Crippen molar-refractivity contribution >= 4 is 21.7 Å². The van der Waals surface area contributed by atoms with Gasteiger partial charge in [-0.2, -0.15) is 0 Å². The number of primary amides is 1. The van der Waals surface area contributed by atoms with Crippen LogP contribution < -0.4 is 5.73 Å². The Hall–Kier alpha value is -1.97. The summed E-state index contributed by atoms with van der Waals surface area (Å²) in [6, 6.07) is 0. The third-order valence-corrected chi connectivity index (χ3v) is 4.84. The fourth-order valence-corrected chi connectivity index (χ4v) is 3.15. The topological polar surface area (TPSA) is 145 Å². The maximum Gasteiger partial charge on any atom is 0.358 e. The van der Waals surface area contributed by atoms with Crippen LogP contribution in [0.4, 0.5) is 0 Å². The number of carboxylic acid groups (broad SMARTS) is 1. The summed E-state index contributed by atoms with van der Waals surface area (Å²) < 4.78 is 24.9. The van der Waals surface area contributed by atoms with Gasteiger partial charge in [0.15, 0.2) is 15.5 Å². The predicted molar refractivity (Wildman–Crippen MR) is 71.4 cm³/mol. The molecule has 1 aromatic rings. The highest BCUT2D eigenvalue weighted by molar-refractivity contribution is 7.91. The van der Waals surface area contributed by atoms with Crippen LogP contribution in [-0.2, 0) is 21.2 Å². The number of aromatic nitrogens is 3. The molecule has 1 saturated carbocycles. The van der Waals surface area contributed by atoms with Crippen molar-refractivity contribution in [1.29, 1.82) is 0 Å². The van der Waals surface area contributed by atoms with Gasteiger partial charge < -0.3 is 10.8 Å². The molecule has 1 fully saturated rings. The molecule has 1 amide bonds. The van der Waals surface area contributed by atoms with Gasteiger partial charge >= 0.3 is 5.97 Å². The summed E-state index contributed by atoms with van der Waals surface area (Å²) in [5.74, 6) is -2.31. The van der Waals surface area contributed by atoms with Crippen molar-refractivity contribution in [2.45, 2.75) is 31.7 Å². The van der Waals surface area contributed by atoms with Gasteiger partial charge in [-0.05, 0) is 12.8 Å². The number of aryl methyl sites for hydroxylation is 1. The highest BCUT2D eigenvalue weighted by atomic mass is 32.2. The predicted octanol–water partition coefficient (Wildman–Crippen LogP) is -0.856. The highest BCUT2D eigenvalue weighted by Gasteiger charge is 2.33. The van der Waals surface area contributed by atoms with Crippen molar-refractivity contribution in [3.63, 3.8) is 0 Å². The number of hydrogen-bond acceptors (Lipinski definition) is 6. The van der Waals surface area contributed by atoms with E-state index in [-0.39, 0.29) is 36.1 Å². The van der Waals surface area contributed by atoms with Crippen molar-refractivity contribution in [3.8, 4) is 0 Å². The quantitative estimate of drug-likeness (QED) is 0.634. The standard InChI is InChI=1S/C11H16N4O5S/c12-8(16)3-5-21(19,20)6-4-15-10(7-1-2-7)9(11(17)18)13-14-15/h7H,1-6H2,(H2,12,16)(H,17,18). The molecular weight excluding hydrogens is 300 g/mol. The van der Waals surface area contributed by atoms with Crippen LogP contribution in [0.5, 0.6) is 0 Å². The first-order chi connectivity index (χ1) is 9.80. The summed E-state index contributed by atoms with van der Waals surface area (Å²) in [6.45, 7) is 0.0210. The molecule has 1 heterocycles. The molecule has 10 heteroatoms. The summed E-state index contributed by atoms with van der Waals surface area (Å²) in [7, 11) is -3.44. The number of hydrogen-bond donors (Lipinski definition) is 2. The van der Waals surface area contributed by atoms with Crippen molar-refractivity contribution in [2.24, 2.45) is 5.73 Å². The lowest BCUT2D eigenvalue weighted by Crippen LogP contribution is -2.22. The molecule has 0 aromatic carbocycles. The fraction of sp³-hybridized carbons (Fsp3) is 0.636. The highest BCUT2D eigenvalue weighted by Crippen LogP contribution is 2.41. The fourth-order valence-electron chi connectivity index (χ4n) is 1.98.